The highest BCUT2D eigenvalue weighted by Crippen LogP contribution is 2.23. The Morgan fingerprint density at radius 1 is 1.21 bits per heavy atom. The molecular weight excluding hydrogens is 291 g/mol. The highest BCUT2D eigenvalue weighted by Gasteiger charge is 2.28. The number of carbonyl (C=O) groups is 1. The second-order valence-corrected chi connectivity index (χ2v) is 5.33. The number of piperidine rings is 1. The van der Waals surface area contributed by atoms with Crippen molar-refractivity contribution in [3.05, 3.63) is 28.2 Å². The van der Waals surface area contributed by atoms with Gasteiger partial charge in [0.15, 0.2) is 0 Å². The Labute approximate surface area is 120 Å². The predicted molar refractivity (Wildman–Crippen MR) is 73.7 cm³/mol. The first kappa shape index (κ1) is 14.4. The van der Waals surface area contributed by atoms with Crippen LogP contribution >= 0.6 is 23.2 Å². The van der Waals surface area contributed by atoms with E-state index in [0.717, 1.165) is 0 Å². The maximum Gasteiger partial charge on any atom is 0.321 e. The second-order valence-electron chi connectivity index (χ2n) is 4.46. The zero-order valence-corrected chi connectivity index (χ0v) is 11.5. The monoisotopic (exact) mass is 304 g/mol. The van der Waals surface area contributed by atoms with Gasteiger partial charge < -0.3 is 20.4 Å². The van der Waals surface area contributed by atoms with Gasteiger partial charge in [0, 0.05) is 22.3 Å². The van der Waals surface area contributed by atoms with E-state index in [-0.39, 0.29) is 12.6 Å². The first-order chi connectivity index (χ1) is 8.95. The molecule has 2 amide bonds. The molecule has 0 aromatic heterocycles. The second kappa shape index (κ2) is 5.96. The molecule has 0 aliphatic carbocycles. The number of likely N-dealkylation sites (tertiary alicyclic amines) is 1. The standard InChI is InChI=1S/C12H14Cl2N2O3/c13-7-3-8(14)5-9(4-7)15-12(19)16-2-1-10(17)11(18)6-16/h3-5,10-11,17-18H,1-2,6H2,(H,15,19)/t10-,11-/m0/s1. The van der Waals surface area contributed by atoms with Crippen LogP contribution in [0.15, 0.2) is 18.2 Å². The van der Waals surface area contributed by atoms with Gasteiger partial charge in [0.05, 0.1) is 18.8 Å². The van der Waals surface area contributed by atoms with Crippen LogP contribution in [0.25, 0.3) is 0 Å². The molecule has 1 aromatic rings. The maximum atomic E-state index is 12.0. The van der Waals surface area contributed by atoms with Crippen molar-refractivity contribution < 1.29 is 15.0 Å². The maximum absolute atomic E-state index is 12.0. The van der Waals surface area contributed by atoms with Gasteiger partial charge in [-0.05, 0) is 24.6 Å². The molecule has 19 heavy (non-hydrogen) atoms. The molecule has 0 unspecified atom stereocenters. The highest BCUT2D eigenvalue weighted by molar-refractivity contribution is 6.35. The van der Waals surface area contributed by atoms with E-state index in [2.05, 4.69) is 5.32 Å². The van der Waals surface area contributed by atoms with Crippen molar-refractivity contribution in [1.29, 1.82) is 0 Å². The summed E-state index contributed by atoms with van der Waals surface area (Å²) in [7, 11) is 0. The van der Waals surface area contributed by atoms with Crippen molar-refractivity contribution in [3.8, 4) is 0 Å². The molecule has 0 spiro atoms. The van der Waals surface area contributed by atoms with Crippen LogP contribution in [-0.4, -0.2) is 46.4 Å². The molecule has 0 radical (unpaired) electrons. The number of carbonyl (C=O) groups excluding carboxylic acids is 1. The molecule has 1 saturated heterocycles. The van der Waals surface area contributed by atoms with Crippen molar-refractivity contribution in [3.63, 3.8) is 0 Å². The van der Waals surface area contributed by atoms with Gasteiger partial charge in [-0.15, -0.1) is 0 Å². The number of β-amino-alcohol motifs (C(OH)–C–C–N with tert-alkyl or cyclic N) is 1. The molecule has 5 nitrogen and oxygen atoms in total. The van der Waals surface area contributed by atoms with E-state index in [9.17, 15) is 15.0 Å². The third-order valence-electron chi connectivity index (χ3n) is 2.95. The molecule has 0 bridgehead atoms. The SMILES string of the molecule is O=C(Nc1cc(Cl)cc(Cl)c1)N1CC[C@H](O)[C@@H](O)C1. The van der Waals surface area contributed by atoms with E-state index in [4.69, 9.17) is 23.2 Å². The lowest BCUT2D eigenvalue weighted by atomic mass is 10.1. The zero-order chi connectivity index (χ0) is 14.0. The number of halogens is 2. The first-order valence-electron chi connectivity index (χ1n) is 5.84. The summed E-state index contributed by atoms with van der Waals surface area (Å²) in [5.74, 6) is 0. The smallest absolute Gasteiger partial charge is 0.321 e. The summed E-state index contributed by atoms with van der Waals surface area (Å²) in [5.41, 5.74) is 0.489. The molecule has 1 aromatic carbocycles. The number of hydrogen-bond acceptors (Lipinski definition) is 3. The van der Waals surface area contributed by atoms with Gasteiger partial charge in [0.2, 0.25) is 0 Å². The summed E-state index contributed by atoms with van der Waals surface area (Å²) in [5, 5.41) is 22.4. The Morgan fingerprint density at radius 2 is 1.84 bits per heavy atom. The first-order valence-corrected chi connectivity index (χ1v) is 6.59. The van der Waals surface area contributed by atoms with Crippen LogP contribution in [0, 0.1) is 0 Å². The lowest BCUT2D eigenvalue weighted by molar-refractivity contribution is -0.0263. The van der Waals surface area contributed by atoms with E-state index < -0.39 is 12.2 Å². The van der Waals surface area contributed by atoms with E-state index in [1.165, 1.54) is 4.90 Å². The van der Waals surface area contributed by atoms with Gasteiger partial charge >= 0.3 is 6.03 Å². The molecule has 1 heterocycles. The van der Waals surface area contributed by atoms with E-state index >= 15 is 0 Å². The minimum absolute atomic E-state index is 0.0985. The summed E-state index contributed by atoms with van der Waals surface area (Å²) in [6, 6.07) is 4.38. The van der Waals surface area contributed by atoms with Gasteiger partial charge in [-0.25, -0.2) is 4.79 Å². The van der Waals surface area contributed by atoms with Crippen molar-refractivity contribution in [2.24, 2.45) is 0 Å². The molecule has 3 N–H and O–H groups in total. The summed E-state index contributed by atoms with van der Waals surface area (Å²) >= 11 is 11.7. The molecule has 104 valence electrons. The van der Waals surface area contributed by atoms with Gasteiger partial charge in [-0.2, -0.15) is 0 Å². The van der Waals surface area contributed by atoms with Crippen molar-refractivity contribution in [1.82, 2.24) is 4.90 Å². The molecular formula is C12H14Cl2N2O3. The number of nitrogens with zero attached hydrogens (tertiary/aromatic N) is 1. The number of aliphatic hydroxyl groups is 2. The van der Waals surface area contributed by atoms with Crippen LogP contribution in [0.2, 0.25) is 10.0 Å². The molecule has 0 saturated carbocycles. The molecule has 7 heteroatoms. The fourth-order valence-corrected chi connectivity index (χ4v) is 2.46. The number of urea groups is 1. The van der Waals surface area contributed by atoms with Crippen LogP contribution in [0.3, 0.4) is 0 Å². The molecule has 2 atom stereocenters. The zero-order valence-electron chi connectivity index (χ0n) is 10.0. The van der Waals surface area contributed by atoms with Crippen LogP contribution in [0.4, 0.5) is 10.5 Å². The van der Waals surface area contributed by atoms with E-state index in [0.29, 0.717) is 28.7 Å². The summed E-state index contributed by atoms with van der Waals surface area (Å²) in [4.78, 5) is 13.4. The van der Waals surface area contributed by atoms with Crippen molar-refractivity contribution >= 4 is 34.9 Å². The Kier molecular flexibility index (Phi) is 4.52. The fraction of sp³-hybridized carbons (Fsp3) is 0.417. The number of aliphatic hydroxyl groups excluding tert-OH is 2. The van der Waals surface area contributed by atoms with Gasteiger partial charge in [0.1, 0.15) is 0 Å². The topological polar surface area (TPSA) is 72.8 Å². The number of benzene rings is 1. The summed E-state index contributed by atoms with van der Waals surface area (Å²) < 4.78 is 0. The number of hydrogen-bond donors (Lipinski definition) is 3. The molecule has 2 rings (SSSR count). The normalized spacial score (nSPS) is 23.3. The average molecular weight is 305 g/mol. The fourth-order valence-electron chi connectivity index (χ4n) is 1.93. The highest BCUT2D eigenvalue weighted by atomic mass is 35.5. The van der Waals surface area contributed by atoms with Crippen molar-refractivity contribution in [2.45, 2.75) is 18.6 Å². The van der Waals surface area contributed by atoms with Crippen molar-refractivity contribution in [2.75, 3.05) is 18.4 Å². The summed E-state index contributed by atoms with van der Waals surface area (Å²) in [6.45, 7) is 0.486. The lowest BCUT2D eigenvalue weighted by Crippen LogP contribution is -2.50. The lowest BCUT2D eigenvalue weighted by Gasteiger charge is -2.33. The van der Waals surface area contributed by atoms with E-state index in [1.807, 2.05) is 0 Å². The Bertz CT molecular complexity index is 464. The number of anilines is 1. The van der Waals surface area contributed by atoms with Gasteiger partial charge in [-0.3, -0.25) is 0 Å². The Balaban J connectivity index is 2.01. The Morgan fingerprint density at radius 3 is 2.42 bits per heavy atom. The summed E-state index contributed by atoms with van der Waals surface area (Å²) in [6.07, 6.45) is -1.34. The minimum atomic E-state index is -0.914. The largest absolute Gasteiger partial charge is 0.390 e. The predicted octanol–water partition coefficient (Wildman–Crippen LogP) is 1.95. The third kappa shape index (κ3) is 3.73. The number of nitrogens with one attached hydrogen (secondary N) is 1. The molecule has 1 aliphatic heterocycles. The minimum Gasteiger partial charge on any atom is -0.390 e. The van der Waals surface area contributed by atoms with Gasteiger partial charge in [-0.1, -0.05) is 23.2 Å². The number of amides is 2. The third-order valence-corrected chi connectivity index (χ3v) is 3.38. The quantitative estimate of drug-likeness (QED) is 0.742. The Hall–Kier alpha value is -1.01. The number of rotatable bonds is 1. The van der Waals surface area contributed by atoms with Crippen LogP contribution < -0.4 is 5.32 Å². The van der Waals surface area contributed by atoms with Crippen LogP contribution in [0.1, 0.15) is 6.42 Å². The van der Waals surface area contributed by atoms with Crippen LogP contribution in [0.5, 0.6) is 0 Å². The van der Waals surface area contributed by atoms with E-state index in [1.54, 1.807) is 18.2 Å². The average Bonchev–Trinajstić information content (AvgIpc) is 2.31. The molecule has 1 aliphatic rings. The van der Waals surface area contributed by atoms with Crippen LogP contribution in [-0.2, 0) is 0 Å². The van der Waals surface area contributed by atoms with Gasteiger partial charge in [0.25, 0.3) is 0 Å². The molecule has 1 fully saturated rings.